The molecule has 13 heavy (non-hydrogen) atoms. The van der Waals surface area contributed by atoms with Crippen molar-refractivity contribution < 1.29 is 15.0 Å². The van der Waals surface area contributed by atoms with Gasteiger partial charge in [-0.05, 0) is 13.5 Å². The molecular formula is C8H18N2O3. The van der Waals surface area contributed by atoms with Gasteiger partial charge in [0.15, 0.2) is 0 Å². The lowest BCUT2D eigenvalue weighted by atomic mass is 10.1. The average Bonchev–Trinajstić information content (AvgIpc) is 2.11. The summed E-state index contributed by atoms with van der Waals surface area (Å²) < 4.78 is 0. The third-order valence-corrected chi connectivity index (χ3v) is 1.54. The van der Waals surface area contributed by atoms with Gasteiger partial charge in [0.2, 0.25) is 5.91 Å². The number of nitrogens with one attached hydrogen (secondary N) is 2. The van der Waals surface area contributed by atoms with E-state index in [0.29, 0.717) is 0 Å². The number of amides is 1. The predicted octanol–water partition coefficient (Wildman–Crippen LogP) is -1.54. The summed E-state index contributed by atoms with van der Waals surface area (Å²) in [5, 5.41) is 23.3. The number of aliphatic hydroxyl groups excluding tert-OH is 1. The molecule has 1 atom stereocenters. The molecule has 4 N–H and O–H groups in total. The molecule has 0 aliphatic carbocycles. The van der Waals surface area contributed by atoms with Crippen molar-refractivity contribution in [3.8, 4) is 0 Å². The van der Waals surface area contributed by atoms with Crippen molar-refractivity contribution in [2.45, 2.75) is 19.4 Å². The van der Waals surface area contributed by atoms with Crippen LogP contribution in [0.2, 0.25) is 0 Å². The zero-order valence-electron chi connectivity index (χ0n) is 8.13. The van der Waals surface area contributed by atoms with Gasteiger partial charge in [0.1, 0.15) is 5.60 Å². The number of aliphatic hydroxyl groups is 2. The molecule has 0 aliphatic rings. The minimum absolute atomic E-state index is 0.0632. The van der Waals surface area contributed by atoms with Crippen molar-refractivity contribution in [3.05, 3.63) is 0 Å². The number of likely N-dealkylation sites (N-methyl/N-ethyl adjacent to an activating group) is 1. The lowest BCUT2D eigenvalue weighted by Gasteiger charge is -2.20. The van der Waals surface area contributed by atoms with Gasteiger partial charge in [0.05, 0.1) is 13.2 Å². The van der Waals surface area contributed by atoms with E-state index in [1.807, 2.05) is 6.92 Å². The Hall–Kier alpha value is -0.650. The second-order valence-electron chi connectivity index (χ2n) is 3.21. The van der Waals surface area contributed by atoms with E-state index in [4.69, 9.17) is 5.11 Å². The normalized spacial score (nSPS) is 15.1. The molecule has 5 nitrogen and oxygen atoms in total. The Balaban J connectivity index is 3.57. The molecule has 0 bridgehead atoms. The zero-order chi connectivity index (χ0) is 10.3. The van der Waals surface area contributed by atoms with Crippen LogP contribution in [-0.4, -0.2) is 48.0 Å². The second-order valence-corrected chi connectivity index (χ2v) is 3.21. The molecule has 0 aliphatic heterocycles. The Labute approximate surface area is 78.1 Å². The molecule has 0 saturated heterocycles. The van der Waals surface area contributed by atoms with Gasteiger partial charge < -0.3 is 20.8 Å². The summed E-state index contributed by atoms with van der Waals surface area (Å²) in [6.45, 7) is 4.02. The Morgan fingerprint density at radius 1 is 1.54 bits per heavy atom. The second kappa shape index (κ2) is 5.90. The van der Waals surface area contributed by atoms with E-state index in [-0.39, 0.29) is 25.6 Å². The van der Waals surface area contributed by atoms with Crippen LogP contribution in [-0.2, 0) is 4.79 Å². The topological polar surface area (TPSA) is 81.6 Å². The maximum atomic E-state index is 11.0. The standard InChI is InChI=1S/C8H18N2O3/c1-3-9-4-7(12)10-5-8(2,13)6-11/h9,11,13H,3-6H2,1-2H3,(H,10,12). The Kier molecular flexibility index (Phi) is 5.61. The molecule has 0 fully saturated rings. The molecule has 0 aromatic rings. The van der Waals surface area contributed by atoms with Gasteiger partial charge in [-0.25, -0.2) is 0 Å². The molecule has 78 valence electrons. The number of rotatable bonds is 6. The van der Waals surface area contributed by atoms with Crippen LogP contribution >= 0.6 is 0 Å². The summed E-state index contributed by atoms with van der Waals surface area (Å²) in [6, 6.07) is 0. The fourth-order valence-electron chi connectivity index (χ4n) is 0.646. The first-order valence-corrected chi connectivity index (χ1v) is 4.32. The van der Waals surface area contributed by atoms with Crippen molar-refractivity contribution in [2.24, 2.45) is 0 Å². The maximum Gasteiger partial charge on any atom is 0.234 e. The highest BCUT2D eigenvalue weighted by Gasteiger charge is 2.19. The summed E-state index contributed by atoms with van der Waals surface area (Å²) >= 11 is 0. The molecule has 0 rings (SSSR count). The van der Waals surface area contributed by atoms with Crippen LogP contribution in [0.4, 0.5) is 0 Å². The van der Waals surface area contributed by atoms with Crippen molar-refractivity contribution in [1.29, 1.82) is 0 Å². The first-order chi connectivity index (χ1) is 6.02. The van der Waals surface area contributed by atoms with Crippen molar-refractivity contribution in [1.82, 2.24) is 10.6 Å². The minimum Gasteiger partial charge on any atom is -0.393 e. The van der Waals surface area contributed by atoms with Gasteiger partial charge >= 0.3 is 0 Å². The fraction of sp³-hybridized carbons (Fsp3) is 0.875. The van der Waals surface area contributed by atoms with Crippen LogP contribution in [0.15, 0.2) is 0 Å². The largest absolute Gasteiger partial charge is 0.393 e. The minimum atomic E-state index is -1.23. The van der Waals surface area contributed by atoms with Gasteiger partial charge in [-0.2, -0.15) is 0 Å². The molecule has 0 radical (unpaired) electrons. The van der Waals surface area contributed by atoms with E-state index >= 15 is 0 Å². The summed E-state index contributed by atoms with van der Waals surface area (Å²) in [5.74, 6) is -0.185. The lowest BCUT2D eigenvalue weighted by Crippen LogP contribution is -2.45. The van der Waals surface area contributed by atoms with Gasteiger partial charge in [-0.15, -0.1) is 0 Å². The van der Waals surface area contributed by atoms with E-state index in [1.165, 1.54) is 6.92 Å². The van der Waals surface area contributed by atoms with E-state index < -0.39 is 5.60 Å². The highest BCUT2D eigenvalue weighted by Crippen LogP contribution is 1.97. The van der Waals surface area contributed by atoms with Gasteiger partial charge in [-0.1, -0.05) is 6.92 Å². The third kappa shape index (κ3) is 6.51. The van der Waals surface area contributed by atoms with E-state index in [9.17, 15) is 9.90 Å². The number of hydrogen-bond acceptors (Lipinski definition) is 4. The van der Waals surface area contributed by atoms with Crippen LogP contribution in [0.1, 0.15) is 13.8 Å². The molecule has 0 heterocycles. The Bertz CT molecular complexity index is 159. The molecule has 0 saturated carbocycles. The molecule has 0 spiro atoms. The predicted molar refractivity (Wildman–Crippen MR) is 49.3 cm³/mol. The fourth-order valence-corrected chi connectivity index (χ4v) is 0.646. The maximum absolute atomic E-state index is 11.0. The van der Waals surface area contributed by atoms with Gasteiger partial charge in [0.25, 0.3) is 0 Å². The third-order valence-electron chi connectivity index (χ3n) is 1.54. The lowest BCUT2D eigenvalue weighted by molar-refractivity contribution is -0.121. The van der Waals surface area contributed by atoms with Crippen molar-refractivity contribution >= 4 is 5.91 Å². The van der Waals surface area contributed by atoms with Crippen LogP contribution in [0, 0.1) is 0 Å². The number of carbonyl (C=O) groups excluding carboxylic acids is 1. The summed E-state index contributed by atoms with van der Waals surface area (Å²) in [6.07, 6.45) is 0. The quantitative estimate of drug-likeness (QED) is 0.409. The van der Waals surface area contributed by atoms with Crippen molar-refractivity contribution in [2.75, 3.05) is 26.2 Å². The summed E-state index contributed by atoms with van der Waals surface area (Å²) in [7, 11) is 0. The van der Waals surface area contributed by atoms with Crippen LogP contribution in [0.3, 0.4) is 0 Å². The first-order valence-electron chi connectivity index (χ1n) is 4.32. The van der Waals surface area contributed by atoms with E-state index in [0.717, 1.165) is 6.54 Å². The first kappa shape index (κ1) is 12.3. The smallest absolute Gasteiger partial charge is 0.234 e. The van der Waals surface area contributed by atoms with Crippen LogP contribution in [0.5, 0.6) is 0 Å². The van der Waals surface area contributed by atoms with E-state index in [2.05, 4.69) is 10.6 Å². The highest BCUT2D eigenvalue weighted by molar-refractivity contribution is 5.78. The average molecular weight is 190 g/mol. The molecular weight excluding hydrogens is 172 g/mol. The molecule has 0 aromatic carbocycles. The SMILES string of the molecule is CCNCC(=O)NCC(C)(O)CO. The van der Waals surface area contributed by atoms with Crippen LogP contribution in [0.25, 0.3) is 0 Å². The summed E-state index contributed by atoms with van der Waals surface area (Å²) in [5.41, 5.74) is -1.23. The summed E-state index contributed by atoms with van der Waals surface area (Å²) in [4.78, 5) is 11.0. The molecule has 1 unspecified atom stereocenters. The molecule has 1 amide bonds. The van der Waals surface area contributed by atoms with Gasteiger partial charge in [0, 0.05) is 6.54 Å². The van der Waals surface area contributed by atoms with E-state index in [1.54, 1.807) is 0 Å². The van der Waals surface area contributed by atoms with Crippen LogP contribution < -0.4 is 10.6 Å². The highest BCUT2D eigenvalue weighted by atomic mass is 16.3. The zero-order valence-corrected chi connectivity index (χ0v) is 8.13. The monoisotopic (exact) mass is 190 g/mol. The Morgan fingerprint density at radius 3 is 2.62 bits per heavy atom. The molecule has 5 heteroatoms. The van der Waals surface area contributed by atoms with Crippen molar-refractivity contribution in [3.63, 3.8) is 0 Å². The molecule has 0 aromatic heterocycles. The van der Waals surface area contributed by atoms with Gasteiger partial charge in [-0.3, -0.25) is 4.79 Å². The number of hydrogen-bond donors (Lipinski definition) is 4. The number of carbonyl (C=O) groups is 1. The Morgan fingerprint density at radius 2 is 2.15 bits per heavy atom.